The second kappa shape index (κ2) is 8.24. The average Bonchev–Trinajstić information content (AvgIpc) is 3.23. The van der Waals surface area contributed by atoms with Gasteiger partial charge >= 0.3 is 0 Å². The van der Waals surface area contributed by atoms with Gasteiger partial charge in [0.25, 0.3) is 0 Å². The lowest BCUT2D eigenvalue weighted by atomic mass is 9.47. The largest absolute Gasteiger partial charge is 0.396 e. The van der Waals surface area contributed by atoms with Gasteiger partial charge in [0, 0.05) is 6.61 Å². The first kappa shape index (κ1) is 22.9. The zero-order valence-electron chi connectivity index (χ0n) is 21.1. The van der Waals surface area contributed by atoms with Crippen LogP contribution in [0.1, 0.15) is 99.8 Å². The third-order valence-corrected chi connectivity index (χ3v) is 11.8. The first-order valence-electron chi connectivity index (χ1n) is 13.4. The zero-order valence-corrected chi connectivity index (χ0v) is 21.1. The first-order chi connectivity index (χ1) is 14.1. The molecule has 0 aromatic rings. The number of fused-ring (bicyclic) bond motifs is 5. The van der Waals surface area contributed by atoms with E-state index in [1.807, 2.05) is 0 Å². The fraction of sp³-hybridized carbons (Fsp3) is 0.931. The van der Waals surface area contributed by atoms with Gasteiger partial charge in [-0.15, -0.1) is 0 Å². The normalized spacial score (nSPS) is 48.2. The Hall–Kier alpha value is -0.300. The van der Waals surface area contributed by atoms with Crippen LogP contribution in [0.3, 0.4) is 0 Å². The highest BCUT2D eigenvalue weighted by molar-refractivity contribution is 5.14. The Balaban J connectivity index is 1.52. The zero-order chi connectivity index (χ0) is 21.8. The van der Waals surface area contributed by atoms with Gasteiger partial charge in [0.1, 0.15) is 0 Å². The van der Waals surface area contributed by atoms with Crippen molar-refractivity contribution in [2.24, 2.45) is 64.1 Å². The van der Waals surface area contributed by atoms with Crippen LogP contribution < -0.4 is 0 Å². The molecule has 0 aromatic heterocycles. The number of hydrogen-bond acceptors (Lipinski definition) is 1. The maximum atomic E-state index is 9.94. The second-order valence-electron chi connectivity index (χ2n) is 13.1. The molecule has 10 unspecified atom stereocenters. The summed E-state index contributed by atoms with van der Waals surface area (Å²) in [6.07, 6.45) is 14.0. The van der Waals surface area contributed by atoms with Gasteiger partial charge in [-0.25, -0.2) is 0 Å². The molecule has 4 aliphatic rings. The van der Waals surface area contributed by atoms with Crippen LogP contribution in [0.4, 0.5) is 0 Å². The molecule has 1 heteroatoms. The van der Waals surface area contributed by atoms with E-state index in [0.29, 0.717) is 29.3 Å². The van der Waals surface area contributed by atoms with Gasteiger partial charge in [-0.1, -0.05) is 53.2 Å². The van der Waals surface area contributed by atoms with E-state index in [-0.39, 0.29) is 0 Å². The third kappa shape index (κ3) is 3.45. The monoisotopic (exact) mass is 414 g/mol. The molecule has 30 heavy (non-hydrogen) atoms. The Labute approximate surface area is 187 Å². The highest BCUT2D eigenvalue weighted by Crippen LogP contribution is 2.69. The van der Waals surface area contributed by atoms with E-state index >= 15 is 0 Å². The Morgan fingerprint density at radius 2 is 1.50 bits per heavy atom. The van der Waals surface area contributed by atoms with Crippen molar-refractivity contribution >= 4 is 0 Å². The molecule has 0 amide bonds. The van der Waals surface area contributed by atoms with E-state index in [1.165, 1.54) is 51.4 Å². The summed E-state index contributed by atoms with van der Waals surface area (Å²) in [6.45, 7) is 17.8. The Morgan fingerprint density at radius 3 is 2.17 bits per heavy atom. The molecule has 0 aliphatic heterocycles. The topological polar surface area (TPSA) is 20.2 Å². The molecule has 0 saturated heterocycles. The van der Waals surface area contributed by atoms with E-state index in [4.69, 9.17) is 0 Å². The van der Waals surface area contributed by atoms with Crippen molar-refractivity contribution in [2.75, 3.05) is 6.61 Å². The second-order valence-corrected chi connectivity index (χ2v) is 13.1. The molecular weight excluding hydrogens is 364 g/mol. The van der Waals surface area contributed by atoms with Crippen molar-refractivity contribution < 1.29 is 5.11 Å². The molecule has 0 bridgehead atoms. The average molecular weight is 415 g/mol. The van der Waals surface area contributed by atoms with E-state index < -0.39 is 0 Å². The summed E-state index contributed by atoms with van der Waals surface area (Å²) >= 11 is 0. The van der Waals surface area contributed by atoms with Crippen LogP contribution in [0.25, 0.3) is 0 Å². The van der Waals surface area contributed by atoms with E-state index in [0.717, 1.165) is 41.4 Å². The molecule has 4 fully saturated rings. The predicted octanol–water partition coefficient (Wildman–Crippen LogP) is 7.74. The molecule has 4 aliphatic carbocycles. The van der Waals surface area contributed by atoms with Crippen molar-refractivity contribution in [3.63, 3.8) is 0 Å². The summed E-state index contributed by atoms with van der Waals surface area (Å²) in [5.41, 5.74) is 2.69. The molecule has 4 rings (SSSR count). The lowest BCUT2D eigenvalue weighted by Gasteiger charge is -2.58. The Kier molecular flexibility index (Phi) is 6.28. The van der Waals surface area contributed by atoms with Crippen LogP contribution in [-0.4, -0.2) is 11.7 Å². The highest BCUT2D eigenvalue weighted by atomic mass is 16.3. The minimum absolute atomic E-state index is 0.429. The van der Waals surface area contributed by atoms with Crippen molar-refractivity contribution in [1.29, 1.82) is 0 Å². The maximum absolute atomic E-state index is 9.94. The molecular formula is C29H50O. The quantitative estimate of drug-likeness (QED) is 0.456. The molecule has 1 N–H and O–H groups in total. The van der Waals surface area contributed by atoms with Crippen molar-refractivity contribution in [3.8, 4) is 0 Å². The lowest BCUT2D eigenvalue weighted by Crippen LogP contribution is -2.51. The van der Waals surface area contributed by atoms with Crippen molar-refractivity contribution in [1.82, 2.24) is 0 Å². The van der Waals surface area contributed by atoms with Gasteiger partial charge in [-0.2, -0.15) is 0 Å². The lowest BCUT2D eigenvalue weighted by molar-refractivity contribution is -0.0956. The molecule has 4 saturated carbocycles. The fourth-order valence-corrected chi connectivity index (χ4v) is 9.66. The molecule has 172 valence electrons. The summed E-state index contributed by atoms with van der Waals surface area (Å²) in [4.78, 5) is 0. The number of allylic oxidation sites excluding steroid dienone is 2. The van der Waals surface area contributed by atoms with Crippen molar-refractivity contribution in [2.45, 2.75) is 99.8 Å². The minimum Gasteiger partial charge on any atom is -0.396 e. The van der Waals surface area contributed by atoms with Crippen LogP contribution in [0.2, 0.25) is 0 Å². The Bertz CT molecular complexity index is 649. The van der Waals surface area contributed by atoms with Crippen LogP contribution in [0.15, 0.2) is 11.6 Å². The maximum Gasteiger partial charge on any atom is 0.0462 e. The van der Waals surface area contributed by atoms with E-state index in [2.05, 4.69) is 54.5 Å². The summed E-state index contributed by atoms with van der Waals surface area (Å²) in [5.74, 6) is 7.26. The van der Waals surface area contributed by atoms with E-state index in [1.54, 1.807) is 5.57 Å². The van der Waals surface area contributed by atoms with Gasteiger partial charge < -0.3 is 5.11 Å². The van der Waals surface area contributed by atoms with Crippen LogP contribution in [-0.2, 0) is 0 Å². The number of aliphatic hydroxyl groups excluding tert-OH is 1. The standard InChI is InChI=1S/C29H50O/c1-18(2)21(5)19(3)16-20(4)24-10-11-26-23-8-9-25-22(17-30)12-14-29(25,7)27(23)13-15-28(24,26)6/h16,18,20-27,30H,8-15,17H2,1-7H3. The first-order valence-corrected chi connectivity index (χ1v) is 13.4. The smallest absolute Gasteiger partial charge is 0.0462 e. The summed E-state index contributed by atoms with van der Waals surface area (Å²) < 4.78 is 0. The number of rotatable bonds is 5. The van der Waals surface area contributed by atoms with Gasteiger partial charge in [-0.05, 0) is 122 Å². The van der Waals surface area contributed by atoms with Gasteiger partial charge in [0.2, 0.25) is 0 Å². The fourth-order valence-electron chi connectivity index (χ4n) is 9.66. The number of hydrogen-bond donors (Lipinski definition) is 1. The van der Waals surface area contributed by atoms with Crippen LogP contribution >= 0.6 is 0 Å². The highest BCUT2D eigenvalue weighted by Gasteiger charge is 2.61. The number of aliphatic hydroxyl groups is 1. The van der Waals surface area contributed by atoms with Crippen LogP contribution in [0, 0.1) is 64.1 Å². The molecule has 0 radical (unpaired) electrons. The van der Waals surface area contributed by atoms with Gasteiger partial charge in [0.05, 0.1) is 0 Å². The summed E-state index contributed by atoms with van der Waals surface area (Å²) in [5, 5.41) is 9.94. The SMILES string of the molecule is CC(=CC(C)C1CCC2C3CCC4C(CO)CCC4(C)C3CCC12C)C(C)C(C)C. The van der Waals surface area contributed by atoms with Crippen LogP contribution in [0.5, 0.6) is 0 Å². The van der Waals surface area contributed by atoms with Gasteiger partial charge in [-0.3, -0.25) is 0 Å². The molecule has 0 heterocycles. The molecule has 10 atom stereocenters. The Morgan fingerprint density at radius 1 is 0.867 bits per heavy atom. The van der Waals surface area contributed by atoms with Crippen molar-refractivity contribution in [3.05, 3.63) is 11.6 Å². The molecule has 1 nitrogen and oxygen atoms in total. The predicted molar refractivity (Wildman–Crippen MR) is 128 cm³/mol. The summed E-state index contributed by atoms with van der Waals surface area (Å²) in [6, 6.07) is 0. The molecule has 0 aromatic carbocycles. The van der Waals surface area contributed by atoms with Gasteiger partial charge in [0.15, 0.2) is 0 Å². The molecule has 0 spiro atoms. The summed E-state index contributed by atoms with van der Waals surface area (Å²) in [7, 11) is 0. The van der Waals surface area contributed by atoms with E-state index in [9.17, 15) is 5.11 Å². The minimum atomic E-state index is 0.429. The third-order valence-electron chi connectivity index (χ3n) is 11.8.